The zero-order chi connectivity index (χ0) is 13.1. The molecule has 0 fully saturated rings. The Morgan fingerprint density at radius 2 is 1.69 bits per heavy atom. The van der Waals surface area contributed by atoms with Crippen LogP contribution in [0.25, 0.3) is 0 Å². The number of nitrogens with two attached hydrogens (primary N) is 1. The van der Waals surface area contributed by atoms with E-state index in [4.69, 9.17) is 5.73 Å². The summed E-state index contributed by atoms with van der Waals surface area (Å²) in [5.41, 5.74) is 8.12. The molecule has 0 rings (SSSR count). The molecule has 0 aliphatic heterocycles. The minimum Gasteiger partial charge on any atom is -0.399 e. The quantitative estimate of drug-likeness (QED) is 0.682. The van der Waals surface area contributed by atoms with Crippen molar-refractivity contribution < 1.29 is 0 Å². The summed E-state index contributed by atoms with van der Waals surface area (Å²) in [5.74, 6) is 0.681. The van der Waals surface area contributed by atoms with Crippen molar-refractivity contribution in [3.05, 3.63) is 23.9 Å². The van der Waals surface area contributed by atoms with Crippen LogP contribution in [0.3, 0.4) is 0 Å². The van der Waals surface area contributed by atoms with Crippen LogP contribution < -0.4 is 5.73 Å². The lowest BCUT2D eigenvalue weighted by Gasteiger charge is -2.38. The van der Waals surface area contributed by atoms with E-state index in [9.17, 15) is 0 Å². The molecule has 2 N–H and O–H groups in total. The third-order valence-electron chi connectivity index (χ3n) is 3.93. The molecule has 0 aromatic rings. The van der Waals surface area contributed by atoms with Gasteiger partial charge in [-0.2, -0.15) is 0 Å². The zero-order valence-corrected chi connectivity index (χ0v) is 12.1. The van der Waals surface area contributed by atoms with Gasteiger partial charge < -0.3 is 5.73 Å². The first-order valence-corrected chi connectivity index (χ1v) is 6.12. The standard InChI is InChI=1S/C15H29N/c1-11(2)14(5,6)10-15(7,8)12(3)9-13(4)16/h9,11H,4,10,16H2,1-3,5-8H3/b12-9+. The lowest BCUT2D eigenvalue weighted by atomic mass is 9.67. The third-order valence-corrected chi connectivity index (χ3v) is 3.93. The van der Waals surface area contributed by atoms with Gasteiger partial charge in [0.2, 0.25) is 0 Å². The molecule has 16 heavy (non-hydrogen) atoms. The Balaban J connectivity index is 4.89. The monoisotopic (exact) mass is 223 g/mol. The molecule has 0 saturated heterocycles. The van der Waals surface area contributed by atoms with E-state index in [1.165, 1.54) is 5.57 Å². The van der Waals surface area contributed by atoms with Crippen LogP contribution in [0.15, 0.2) is 23.9 Å². The first-order chi connectivity index (χ1) is 6.99. The maximum absolute atomic E-state index is 5.64. The van der Waals surface area contributed by atoms with E-state index in [0.29, 0.717) is 17.0 Å². The van der Waals surface area contributed by atoms with Crippen LogP contribution in [0.5, 0.6) is 0 Å². The molecule has 94 valence electrons. The van der Waals surface area contributed by atoms with Crippen LogP contribution in [0.4, 0.5) is 0 Å². The second kappa shape index (κ2) is 5.07. The van der Waals surface area contributed by atoms with Crippen LogP contribution in [-0.2, 0) is 0 Å². The minimum atomic E-state index is 0.177. The van der Waals surface area contributed by atoms with E-state index in [1.54, 1.807) is 0 Å². The van der Waals surface area contributed by atoms with Crippen LogP contribution >= 0.6 is 0 Å². The Kier molecular flexibility index (Phi) is 4.85. The van der Waals surface area contributed by atoms with Crippen molar-refractivity contribution in [2.24, 2.45) is 22.5 Å². The van der Waals surface area contributed by atoms with E-state index in [1.807, 2.05) is 6.08 Å². The molecular formula is C15H29N. The summed E-state index contributed by atoms with van der Waals surface area (Å²) in [5, 5.41) is 0. The summed E-state index contributed by atoms with van der Waals surface area (Å²) in [4.78, 5) is 0. The van der Waals surface area contributed by atoms with E-state index < -0.39 is 0 Å². The Hall–Kier alpha value is -0.720. The molecule has 0 bridgehead atoms. The van der Waals surface area contributed by atoms with Gasteiger partial charge in [0.1, 0.15) is 0 Å². The first kappa shape index (κ1) is 15.3. The van der Waals surface area contributed by atoms with E-state index in [2.05, 4.69) is 55.0 Å². The van der Waals surface area contributed by atoms with Gasteiger partial charge in [0.15, 0.2) is 0 Å². The van der Waals surface area contributed by atoms with Crippen molar-refractivity contribution >= 4 is 0 Å². The number of rotatable bonds is 5. The summed E-state index contributed by atoms with van der Waals surface area (Å²) in [6.07, 6.45) is 3.16. The highest BCUT2D eigenvalue weighted by atomic mass is 14.5. The van der Waals surface area contributed by atoms with Gasteiger partial charge in [-0.25, -0.2) is 0 Å². The fourth-order valence-corrected chi connectivity index (χ4v) is 1.96. The Labute approximate surface area is 102 Å². The normalized spacial score (nSPS) is 14.4. The molecule has 0 aliphatic rings. The fourth-order valence-electron chi connectivity index (χ4n) is 1.96. The van der Waals surface area contributed by atoms with Crippen molar-refractivity contribution in [1.29, 1.82) is 0 Å². The fraction of sp³-hybridized carbons (Fsp3) is 0.733. The van der Waals surface area contributed by atoms with Gasteiger partial charge in [-0.05, 0) is 36.2 Å². The van der Waals surface area contributed by atoms with Crippen molar-refractivity contribution in [1.82, 2.24) is 0 Å². The summed E-state index contributed by atoms with van der Waals surface area (Å²) in [6.45, 7) is 19.7. The molecule has 0 aromatic heterocycles. The highest BCUT2D eigenvalue weighted by molar-refractivity contribution is 5.21. The molecular weight excluding hydrogens is 194 g/mol. The van der Waals surface area contributed by atoms with Crippen LogP contribution in [0.2, 0.25) is 0 Å². The van der Waals surface area contributed by atoms with Crippen molar-refractivity contribution in [3.8, 4) is 0 Å². The lowest BCUT2D eigenvalue weighted by Crippen LogP contribution is -2.28. The molecule has 0 saturated carbocycles. The summed E-state index contributed by atoms with van der Waals surface area (Å²) >= 11 is 0. The molecule has 0 amide bonds. The van der Waals surface area contributed by atoms with Gasteiger partial charge in [-0.15, -0.1) is 0 Å². The van der Waals surface area contributed by atoms with Gasteiger partial charge in [0.25, 0.3) is 0 Å². The van der Waals surface area contributed by atoms with Gasteiger partial charge in [-0.1, -0.05) is 53.7 Å². The molecule has 1 nitrogen and oxygen atoms in total. The predicted molar refractivity (Wildman–Crippen MR) is 74.1 cm³/mol. The highest BCUT2D eigenvalue weighted by Gasteiger charge is 2.32. The van der Waals surface area contributed by atoms with Gasteiger partial charge >= 0.3 is 0 Å². The molecule has 0 heterocycles. The van der Waals surface area contributed by atoms with Gasteiger partial charge in [-0.3, -0.25) is 0 Å². The average molecular weight is 223 g/mol. The molecule has 0 aliphatic carbocycles. The lowest BCUT2D eigenvalue weighted by molar-refractivity contribution is 0.161. The van der Waals surface area contributed by atoms with Crippen molar-refractivity contribution in [2.45, 2.75) is 54.9 Å². The minimum absolute atomic E-state index is 0.177. The van der Waals surface area contributed by atoms with Crippen molar-refractivity contribution in [2.75, 3.05) is 0 Å². The molecule has 0 unspecified atom stereocenters. The van der Waals surface area contributed by atoms with Gasteiger partial charge in [0.05, 0.1) is 0 Å². The number of hydrogen-bond acceptors (Lipinski definition) is 1. The topological polar surface area (TPSA) is 26.0 Å². The summed E-state index contributed by atoms with van der Waals surface area (Å²) in [7, 11) is 0. The maximum Gasteiger partial charge on any atom is 0.0240 e. The summed E-state index contributed by atoms with van der Waals surface area (Å²) in [6, 6.07) is 0. The van der Waals surface area contributed by atoms with Crippen molar-refractivity contribution in [3.63, 3.8) is 0 Å². The highest BCUT2D eigenvalue weighted by Crippen LogP contribution is 2.42. The third kappa shape index (κ3) is 4.42. The second-order valence-electron chi connectivity index (χ2n) is 6.61. The van der Waals surface area contributed by atoms with Gasteiger partial charge in [0, 0.05) is 5.70 Å². The Morgan fingerprint density at radius 3 is 2.00 bits per heavy atom. The molecule has 0 atom stereocenters. The van der Waals surface area contributed by atoms with Crippen LogP contribution in [0.1, 0.15) is 54.9 Å². The Bertz CT molecular complexity index is 280. The number of allylic oxidation sites excluding steroid dienone is 2. The molecule has 0 spiro atoms. The molecule has 0 aromatic carbocycles. The molecule has 1 heteroatoms. The van der Waals surface area contributed by atoms with E-state index in [-0.39, 0.29) is 5.41 Å². The van der Waals surface area contributed by atoms with E-state index >= 15 is 0 Å². The smallest absolute Gasteiger partial charge is 0.0240 e. The van der Waals surface area contributed by atoms with Crippen LogP contribution in [-0.4, -0.2) is 0 Å². The Morgan fingerprint density at radius 1 is 1.25 bits per heavy atom. The maximum atomic E-state index is 5.64. The second-order valence-corrected chi connectivity index (χ2v) is 6.61. The van der Waals surface area contributed by atoms with Crippen LogP contribution in [0, 0.1) is 16.7 Å². The largest absolute Gasteiger partial charge is 0.399 e. The SMILES string of the molecule is C=C(N)/C=C(\C)C(C)(C)CC(C)(C)C(C)C. The first-order valence-electron chi connectivity index (χ1n) is 6.12. The number of hydrogen-bond donors (Lipinski definition) is 1. The zero-order valence-electron chi connectivity index (χ0n) is 12.1. The van der Waals surface area contributed by atoms with E-state index in [0.717, 1.165) is 6.42 Å². The molecule has 0 radical (unpaired) electrons. The predicted octanol–water partition coefficient (Wildman–Crippen LogP) is 4.50. The average Bonchev–Trinajstić information content (AvgIpc) is 2.00. The summed E-state index contributed by atoms with van der Waals surface area (Å²) < 4.78 is 0.